The van der Waals surface area contributed by atoms with Crippen LogP contribution >= 0.6 is 0 Å². The molecule has 1 aromatic rings. The Balaban J connectivity index is 2.34. The molecule has 0 aliphatic rings. The Morgan fingerprint density at radius 1 is 1.50 bits per heavy atom. The van der Waals surface area contributed by atoms with Crippen LogP contribution in [0.15, 0.2) is 24.5 Å². The van der Waals surface area contributed by atoms with E-state index in [1.165, 1.54) is 5.69 Å². The van der Waals surface area contributed by atoms with E-state index < -0.39 is 0 Å². The Labute approximate surface area is 98.5 Å². The van der Waals surface area contributed by atoms with Gasteiger partial charge in [-0.3, -0.25) is 4.68 Å². The predicted octanol–water partition coefficient (Wildman–Crippen LogP) is 2.59. The van der Waals surface area contributed by atoms with Crippen LogP contribution in [0.5, 0.6) is 0 Å². The van der Waals surface area contributed by atoms with E-state index in [-0.39, 0.29) is 0 Å². The molecule has 0 saturated carbocycles. The number of rotatable bonds is 6. The van der Waals surface area contributed by atoms with Crippen molar-refractivity contribution in [1.29, 1.82) is 0 Å². The molecule has 0 fully saturated rings. The van der Waals surface area contributed by atoms with Gasteiger partial charge in [0, 0.05) is 30.7 Å². The molecule has 3 heteroatoms. The Bertz CT molecular complexity index is 339. The maximum atomic E-state index is 4.28. The Hall–Kier alpha value is -1.25. The molecule has 0 radical (unpaired) electrons. The highest BCUT2D eigenvalue weighted by atomic mass is 15.3. The fourth-order valence-electron chi connectivity index (χ4n) is 1.46. The van der Waals surface area contributed by atoms with Gasteiger partial charge in [-0.05, 0) is 24.8 Å². The van der Waals surface area contributed by atoms with Gasteiger partial charge in [0.2, 0.25) is 0 Å². The molecule has 1 rings (SSSR count). The van der Waals surface area contributed by atoms with E-state index in [2.05, 4.69) is 44.7 Å². The van der Waals surface area contributed by atoms with Crippen molar-refractivity contribution in [2.24, 2.45) is 11.8 Å². The third kappa shape index (κ3) is 3.72. The smallest absolute Gasteiger partial charge is 0.0492 e. The molecule has 0 aliphatic heterocycles. The van der Waals surface area contributed by atoms with Crippen LogP contribution < -0.4 is 5.32 Å². The standard InChI is InChI=1S/C13H23N3/c1-10(2)13(5)14-8-11(3)9-16-12(4)6-7-15-16/h6-7,10-11,14H,5,8-9H2,1-4H3. The van der Waals surface area contributed by atoms with E-state index in [4.69, 9.17) is 0 Å². The molecule has 0 bridgehead atoms. The molecule has 3 nitrogen and oxygen atoms in total. The normalized spacial score (nSPS) is 12.8. The summed E-state index contributed by atoms with van der Waals surface area (Å²) in [5.74, 6) is 1.05. The highest BCUT2D eigenvalue weighted by Crippen LogP contribution is 2.06. The molecule has 1 N–H and O–H groups in total. The van der Waals surface area contributed by atoms with Gasteiger partial charge in [-0.25, -0.2) is 0 Å². The molecule has 0 aliphatic carbocycles. The van der Waals surface area contributed by atoms with Gasteiger partial charge in [0.05, 0.1) is 0 Å². The zero-order valence-electron chi connectivity index (χ0n) is 10.8. The molecule has 1 aromatic heterocycles. The van der Waals surface area contributed by atoms with Crippen molar-refractivity contribution in [3.63, 3.8) is 0 Å². The first-order valence-corrected chi connectivity index (χ1v) is 5.91. The number of nitrogens with one attached hydrogen (secondary N) is 1. The first-order valence-electron chi connectivity index (χ1n) is 5.91. The van der Waals surface area contributed by atoms with Gasteiger partial charge in [0.25, 0.3) is 0 Å². The van der Waals surface area contributed by atoms with Crippen molar-refractivity contribution in [3.8, 4) is 0 Å². The van der Waals surface area contributed by atoms with Crippen molar-refractivity contribution in [2.45, 2.75) is 34.2 Å². The van der Waals surface area contributed by atoms with Gasteiger partial charge in [-0.1, -0.05) is 27.4 Å². The number of aromatic nitrogens is 2. The van der Waals surface area contributed by atoms with E-state index in [9.17, 15) is 0 Å². The summed E-state index contributed by atoms with van der Waals surface area (Å²) < 4.78 is 2.05. The summed E-state index contributed by atoms with van der Waals surface area (Å²) in [6, 6.07) is 2.03. The quantitative estimate of drug-likeness (QED) is 0.800. The highest BCUT2D eigenvalue weighted by molar-refractivity contribution is 4.97. The lowest BCUT2D eigenvalue weighted by molar-refractivity contribution is 0.424. The number of aryl methyl sites for hydroxylation is 1. The van der Waals surface area contributed by atoms with Crippen LogP contribution in [0.25, 0.3) is 0 Å². The SMILES string of the molecule is C=C(NCC(C)Cn1nccc1C)C(C)C. The van der Waals surface area contributed by atoms with Gasteiger partial charge < -0.3 is 5.32 Å². The van der Waals surface area contributed by atoms with Crippen LogP contribution in [-0.4, -0.2) is 16.3 Å². The molecular weight excluding hydrogens is 198 g/mol. The highest BCUT2D eigenvalue weighted by Gasteiger charge is 2.06. The van der Waals surface area contributed by atoms with E-state index in [1.54, 1.807) is 0 Å². The van der Waals surface area contributed by atoms with E-state index in [0.717, 1.165) is 18.8 Å². The minimum Gasteiger partial charge on any atom is -0.388 e. The van der Waals surface area contributed by atoms with Crippen LogP contribution in [0, 0.1) is 18.8 Å². The van der Waals surface area contributed by atoms with Crippen molar-refractivity contribution in [3.05, 3.63) is 30.2 Å². The van der Waals surface area contributed by atoms with Gasteiger partial charge in [-0.2, -0.15) is 5.10 Å². The van der Waals surface area contributed by atoms with E-state index in [0.29, 0.717) is 11.8 Å². The zero-order valence-corrected chi connectivity index (χ0v) is 10.8. The van der Waals surface area contributed by atoms with Crippen molar-refractivity contribution < 1.29 is 0 Å². The average Bonchev–Trinajstić information content (AvgIpc) is 2.60. The molecule has 16 heavy (non-hydrogen) atoms. The van der Waals surface area contributed by atoms with Crippen LogP contribution in [-0.2, 0) is 6.54 Å². The van der Waals surface area contributed by atoms with Crippen LogP contribution in [0.2, 0.25) is 0 Å². The molecule has 1 heterocycles. The number of hydrogen-bond acceptors (Lipinski definition) is 2. The molecule has 90 valence electrons. The van der Waals surface area contributed by atoms with Gasteiger partial charge in [0.15, 0.2) is 0 Å². The molecule has 1 atom stereocenters. The largest absolute Gasteiger partial charge is 0.388 e. The molecular formula is C13H23N3. The molecule has 0 amide bonds. The summed E-state index contributed by atoms with van der Waals surface area (Å²) >= 11 is 0. The lowest BCUT2D eigenvalue weighted by atomic mass is 10.1. The lowest BCUT2D eigenvalue weighted by Gasteiger charge is -2.17. The van der Waals surface area contributed by atoms with Gasteiger partial charge in [-0.15, -0.1) is 0 Å². The summed E-state index contributed by atoms with van der Waals surface area (Å²) in [5.41, 5.74) is 2.33. The summed E-state index contributed by atoms with van der Waals surface area (Å²) in [6.07, 6.45) is 1.85. The van der Waals surface area contributed by atoms with Crippen LogP contribution in [0.3, 0.4) is 0 Å². The fraction of sp³-hybridized carbons (Fsp3) is 0.615. The third-order valence-electron chi connectivity index (χ3n) is 2.79. The second-order valence-electron chi connectivity index (χ2n) is 4.82. The molecule has 0 aromatic carbocycles. The maximum Gasteiger partial charge on any atom is 0.0492 e. The van der Waals surface area contributed by atoms with Crippen molar-refractivity contribution >= 4 is 0 Å². The monoisotopic (exact) mass is 221 g/mol. The maximum absolute atomic E-state index is 4.28. The van der Waals surface area contributed by atoms with Gasteiger partial charge in [0.1, 0.15) is 0 Å². The van der Waals surface area contributed by atoms with E-state index >= 15 is 0 Å². The third-order valence-corrected chi connectivity index (χ3v) is 2.79. The van der Waals surface area contributed by atoms with Crippen molar-refractivity contribution in [1.82, 2.24) is 15.1 Å². The first-order chi connectivity index (χ1) is 7.50. The summed E-state index contributed by atoms with van der Waals surface area (Å²) in [6.45, 7) is 14.5. The number of allylic oxidation sites excluding steroid dienone is 1. The average molecular weight is 221 g/mol. The predicted molar refractivity (Wildman–Crippen MR) is 68.1 cm³/mol. The first kappa shape index (κ1) is 12.8. The van der Waals surface area contributed by atoms with Gasteiger partial charge >= 0.3 is 0 Å². The summed E-state index contributed by atoms with van der Waals surface area (Å²) in [7, 11) is 0. The number of nitrogens with zero attached hydrogens (tertiary/aromatic N) is 2. The van der Waals surface area contributed by atoms with E-state index in [1.807, 2.05) is 16.9 Å². The van der Waals surface area contributed by atoms with Crippen LogP contribution in [0.1, 0.15) is 26.5 Å². The number of hydrogen-bond donors (Lipinski definition) is 1. The topological polar surface area (TPSA) is 29.9 Å². The minimum atomic E-state index is 0.499. The zero-order chi connectivity index (χ0) is 12.1. The summed E-state index contributed by atoms with van der Waals surface area (Å²) in [5, 5.41) is 7.66. The molecule has 0 saturated heterocycles. The van der Waals surface area contributed by atoms with Crippen LogP contribution in [0.4, 0.5) is 0 Å². The molecule has 1 unspecified atom stereocenters. The second kappa shape index (κ2) is 5.73. The molecule has 0 spiro atoms. The van der Waals surface area contributed by atoms with Crippen molar-refractivity contribution in [2.75, 3.05) is 6.54 Å². The Morgan fingerprint density at radius 2 is 2.19 bits per heavy atom. The lowest BCUT2D eigenvalue weighted by Crippen LogP contribution is -2.25. The summed E-state index contributed by atoms with van der Waals surface area (Å²) in [4.78, 5) is 0. The fourth-order valence-corrected chi connectivity index (χ4v) is 1.46. The Kier molecular flexibility index (Phi) is 4.59. The minimum absolute atomic E-state index is 0.499. The second-order valence-corrected chi connectivity index (χ2v) is 4.82. The Morgan fingerprint density at radius 3 is 2.69 bits per heavy atom.